The number of nitrogens with one attached hydrogen (secondary N) is 2. The van der Waals surface area contributed by atoms with E-state index in [-0.39, 0.29) is 12.4 Å². The minimum atomic E-state index is -0.879. The van der Waals surface area contributed by atoms with Gasteiger partial charge in [-0.25, -0.2) is 4.79 Å². The third-order valence-electron chi connectivity index (χ3n) is 5.72. The summed E-state index contributed by atoms with van der Waals surface area (Å²) in [5, 5.41) is 11.0. The van der Waals surface area contributed by atoms with Crippen LogP contribution in [0.3, 0.4) is 0 Å². The Morgan fingerprint density at radius 2 is 1.70 bits per heavy atom. The Hall–Kier alpha value is -3.65. The largest absolute Gasteiger partial charge is 0.440 e. The molecule has 174 valence electrons. The lowest BCUT2D eigenvalue weighted by molar-refractivity contribution is 0.0383. The van der Waals surface area contributed by atoms with Crippen LogP contribution in [-0.4, -0.2) is 60.4 Å². The molecule has 33 heavy (non-hydrogen) atoms. The van der Waals surface area contributed by atoms with Crippen molar-refractivity contribution in [2.45, 2.75) is 25.5 Å². The van der Waals surface area contributed by atoms with Gasteiger partial charge in [0, 0.05) is 23.4 Å². The Balaban J connectivity index is 1.75. The number of carbonyl (C=O) groups excluding carboxylic acids is 2. The highest BCUT2D eigenvalue weighted by Gasteiger charge is 2.44. The van der Waals surface area contributed by atoms with Crippen LogP contribution in [0.15, 0.2) is 71.9 Å². The number of likely N-dealkylation sites (N-methyl/N-ethyl adjacent to an activating group) is 1. The molecule has 0 unspecified atom stereocenters. The third-order valence-corrected chi connectivity index (χ3v) is 5.72. The Bertz CT molecular complexity index is 1050. The Morgan fingerprint density at radius 1 is 1.12 bits per heavy atom. The highest BCUT2D eigenvalue weighted by atomic mass is 16.6. The molecule has 1 aliphatic heterocycles. The second-order valence-corrected chi connectivity index (χ2v) is 8.78. The maximum atomic E-state index is 13.2. The Morgan fingerprint density at radius 3 is 2.27 bits per heavy atom. The molecule has 8 nitrogen and oxygen atoms in total. The maximum Gasteiger partial charge on any atom is 0.411 e. The van der Waals surface area contributed by atoms with Gasteiger partial charge in [-0.15, -0.1) is 0 Å². The number of benzene rings is 2. The summed E-state index contributed by atoms with van der Waals surface area (Å²) in [6, 6.07) is 18.2. The molecule has 0 bridgehead atoms. The Kier molecular flexibility index (Phi) is 7.18. The lowest BCUT2D eigenvalue weighted by Gasteiger charge is -2.34. The summed E-state index contributed by atoms with van der Waals surface area (Å²) < 4.78 is 5.90. The van der Waals surface area contributed by atoms with Crippen LogP contribution in [0.25, 0.3) is 0 Å². The molecule has 3 rings (SSSR count). The summed E-state index contributed by atoms with van der Waals surface area (Å²) in [6.07, 6.45) is -0.997. The minimum absolute atomic E-state index is 0.0645. The van der Waals surface area contributed by atoms with Gasteiger partial charge in [-0.3, -0.25) is 15.1 Å². The van der Waals surface area contributed by atoms with E-state index in [1.165, 1.54) is 4.90 Å². The van der Waals surface area contributed by atoms with Crippen molar-refractivity contribution in [3.63, 3.8) is 0 Å². The van der Waals surface area contributed by atoms with Gasteiger partial charge in [-0.2, -0.15) is 0 Å². The molecule has 2 amide bonds. The zero-order valence-electron chi connectivity index (χ0n) is 19.5. The van der Waals surface area contributed by atoms with Gasteiger partial charge in [-0.05, 0) is 45.6 Å². The highest BCUT2D eigenvalue weighted by Crippen LogP contribution is 2.33. The second kappa shape index (κ2) is 9.87. The van der Waals surface area contributed by atoms with Crippen LogP contribution in [0.2, 0.25) is 0 Å². The number of carbonyl (C=O) groups is 2. The number of amidine groups is 1. The molecule has 2 aromatic rings. The molecule has 4 N–H and O–H groups in total. The molecular weight excluding hydrogens is 418 g/mol. The molecule has 0 radical (unpaired) electrons. The van der Waals surface area contributed by atoms with Gasteiger partial charge in [0.25, 0.3) is 5.91 Å². The van der Waals surface area contributed by atoms with E-state index >= 15 is 0 Å². The second-order valence-electron chi connectivity index (χ2n) is 8.78. The van der Waals surface area contributed by atoms with Gasteiger partial charge in [0.15, 0.2) is 0 Å². The Labute approximate surface area is 194 Å². The number of hydrogen-bond donors (Lipinski definition) is 3. The van der Waals surface area contributed by atoms with Crippen LogP contribution in [0.5, 0.6) is 0 Å². The molecule has 0 spiro atoms. The van der Waals surface area contributed by atoms with Gasteiger partial charge in [0.05, 0.1) is 12.1 Å². The molecule has 0 saturated carbocycles. The first kappa shape index (κ1) is 24.0. The molecule has 8 heteroatoms. The van der Waals surface area contributed by atoms with Crippen molar-refractivity contribution < 1.29 is 14.3 Å². The van der Waals surface area contributed by atoms with Gasteiger partial charge in [-0.1, -0.05) is 48.5 Å². The van der Waals surface area contributed by atoms with Crippen molar-refractivity contribution in [2.24, 2.45) is 5.73 Å². The van der Waals surface area contributed by atoms with E-state index in [0.29, 0.717) is 23.4 Å². The first-order valence-electron chi connectivity index (χ1n) is 10.7. The lowest BCUT2D eigenvalue weighted by Crippen LogP contribution is -2.47. The molecule has 1 heterocycles. The molecule has 1 aliphatic rings. The summed E-state index contributed by atoms with van der Waals surface area (Å²) in [7, 11) is 3.83. The average Bonchev–Trinajstić information content (AvgIpc) is 3.03. The highest BCUT2D eigenvalue weighted by molar-refractivity contribution is 6.12. The summed E-state index contributed by atoms with van der Waals surface area (Å²) >= 11 is 0. The van der Waals surface area contributed by atoms with E-state index in [0.717, 1.165) is 5.56 Å². The van der Waals surface area contributed by atoms with E-state index < -0.39 is 23.6 Å². The molecule has 0 saturated heterocycles. The number of rotatable bonds is 6. The lowest BCUT2D eigenvalue weighted by atomic mass is 10.0. The number of hydrogen-bond acceptors (Lipinski definition) is 6. The zero-order valence-corrected chi connectivity index (χ0v) is 19.5. The first-order chi connectivity index (χ1) is 15.6. The normalized spacial score (nSPS) is 16.0. The summed E-state index contributed by atoms with van der Waals surface area (Å²) in [6.45, 7) is 4.18. The first-order valence-corrected chi connectivity index (χ1v) is 10.7. The third kappa shape index (κ3) is 5.40. The minimum Gasteiger partial charge on any atom is -0.440 e. The number of ether oxygens (including phenoxy) is 1. The van der Waals surface area contributed by atoms with Crippen molar-refractivity contribution in [1.29, 1.82) is 5.41 Å². The number of nitrogens with two attached hydrogens (primary N) is 1. The van der Waals surface area contributed by atoms with E-state index in [4.69, 9.17) is 15.9 Å². The SMILES string of the molecule is CN(C)C[C@@H](OC(=O)N1CC(C(=N)NC(=O)c2ccccc2)=C(N)C1(C)C)c1ccccc1. The molecule has 2 aromatic carbocycles. The summed E-state index contributed by atoms with van der Waals surface area (Å²) in [5.74, 6) is -0.535. The van der Waals surface area contributed by atoms with Gasteiger partial charge in [0.1, 0.15) is 11.9 Å². The van der Waals surface area contributed by atoms with E-state index in [9.17, 15) is 9.59 Å². The monoisotopic (exact) mass is 449 g/mol. The van der Waals surface area contributed by atoms with Crippen molar-refractivity contribution >= 4 is 17.8 Å². The molecule has 1 atom stereocenters. The van der Waals surface area contributed by atoms with E-state index in [1.807, 2.05) is 55.4 Å². The fraction of sp³-hybridized carbons (Fsp3) is 0.320. The van der Waals surface area contributed by atoms with Gasteiger partial charge in [0.2, 0.25) is 0 Å². The quantitative estimate of drug-likeness (QED) is 0.463. The molecule has 0 aromatic heterocycles. The van der Waals surface area contributed by atoms with E-state index in [2.05, 4.69) is 5.32 Å². The molecular formula is C25H31N5O3. The zero-order chi connectivity index (χ0) is 24.2. The van der Waals surface area contributed by atoms with Crippen molar-refractivity contribution in [3.8, 4) is 0 Å². The van der Waals surface area contributed by atoms with Crippen LogP contribution in [0.1, 0.15) is 35.9 Å². The number of nitrogens with zero attached hydrogens (tertiary/aromatic N) is 2. The fourth-order valence-electron chi connectivity index (χ4n) is 3.71. The predicted octanol–water partition coefficient (Wildman–Crippen LogP) is 3.14. The standard InChI is InChI=1S/C25H31N5O3/c1-25(2)21(26)19(22(27)28-23(31)18-13-9-6-10-14-18)15-30(25)24(32)33-20(16-29(3)4)17-11-7-5-8-12-17/h5-14,20H,15-16,26H2,1-4H3,(H2,27,28,31)/t20-/m1/s1. The van der Waals surface area contributed by atoms with Crippen LogP contribution < -0.4 is 11.1 Å². The molecule has 0 fully saturated rings. The maximum absolute atomic E-state index is 13.2. The fourth-order valence-corrected chi connectivity index (χ4v) is 3.71. The van der Waals surface area contributed by atoms with Crippen LogP contribution >= 0.6 is 0 Å². The van der Waals surface area contributed by atoms with E-state index in [1.54, 1.807) is 38.1 Å². The molecule has 0 aliphatic carbocycles. The van der Waals surface area contributed by atoms with Crippen LogP contribution in [0.4, 0.5) is 4.79 Å². The predicted molar refractivity (Wildman–Crippen MR) is 128 cm³/mol. The summed E-state index contributed by atoms with van der Waals surface area (Å²) in [4.78, 5) is 29.1. The van der Waals surface area contributed by atoms with Crippen LogP contribution in [-0.2, 0) is 4.74 Å². The summed E-state index contributed by atoms with van der Waals surface area (Å²) in [5.41, 5.74) is 7.54. The topological polar surface area (TPSA) is 112 Å². The number of amides is 2. The average molecular weight is 450 g/mol. The van der Waals surface area contributed by atoms with Gasteiger partial charge < -0.3 is 20.7 Å². The van der Waals surface area contributed by atoms with Crippen molar-refractivity contribution in [3.05, 3.63) is 83.1 Å². The van der Waals surface area contributed by atoms with Gasteiger partial charge >= 0.3 is 6.09 Å². The van der Waals surface area contributed by atoms with Crippen molar-refractivity contribution in [1.82, 2.24) is 15.1 Å². The van der Waals surface area contributed by atoms with Crippen molar-refractivity contribution in [2.75, 3.05) is 27.2 Å². The smallest absolute Gasteiger partial charge is 0.411 e. The van der Waals surface area contributed by atoms with Crippen LogP contribution in [0, 0.1) is 5.41 Å².